The molecular weight excluding hydrogens is 376 g/mol. The number of amides is 1. The van der Waals surface area contributed by atoms with Crippen molar-refractivity contribution in [2.45, 2.75) is 19.4 Å². The van der Waals surface area contributed by atoms with Crippen molar-refractivity contribution in [2.24, 2.45) is 5.10 Å². The Bertz CT molecular complexity index is 859. The van der Waals surface area contributed by atoms with Crippen molar-refractivity contribution in [1.29, 1.82) is 0 Å². The Morgan fingerprint density at radius 3 is 2.53 bits per heavy atom. The van der Waals surface area contributed by atoms with Gasteiger partial charge in [0.15, 0.2) is 0 Å². The predicted octanol–water partition coefficient (Wildman–Crippen LogP) is 2.78. The Kier molecular flexibility index (Phi) is 8.18. The van der Waals surface area contributed by atoms with Crippen molar-refractivity contribution in [1.82, 2.24) is 15.2 Å². The second-order valence-electron chi connectivity index (χ2n) is 7.49. The monoisotopic (exact) mass is 406 g/mol. The summed E-state index contributed by atoms with van der Waals surface area (Å²) >= 11 is 0. The number of hydrogen-bond donors (Lipinski definition) is 2. The molecule has 0 bridgehead atoms. The van der Waals surface area contributed by atoms with Crippen LogP contribution in [0.15, 0.2) is 66.3 Å². The maximum Gasteiger partial charge on any atom is 0.241 e. The Balaban J connectivity index is 1.37. The number of phenolic OH excluding ortho intramolecular Hbond substituents is 1. The third-order valence-corrected chi connectivity index (χ3v) is 5.28. The zero-order valence-corrected chi connectivity index (χ0v) is 17.3. The number of hydrazone groups is 1. The van der Waals surface area contributed by atoms with Gasteiger partial charge < -0.3 is 10.0 Å². The zero-order valence-electron chi connectivity index (χ0n) is 17.3. The molecular formula is C24H30N4O2. The van der Waals surface area contributed by atoms with Crippen LogP contribution in [0.2, 0.25) is 0 Å². The predicted molar refractivity (Wildman–Crippen MR) is 121 cm³/mol. The highest BCUT2D eigenvalue weighted by Crippen LogP contribution is 2.21. The number of nitrogens with one attached hydrogen (secondary N) is 1. The number of carbonyl (C=O) groups is 1. The van der Waals surface area contributed by atoms with Crippen molar-refractivity contribution >= 4 is 12.1 Å². The van der Waals surface area contributed by atoms with Crippen molar-refractivity contribution in [2.75, 3.05) is 32.7 Å². The fourth-order valence-corrected chi connectivity index (χ4v) is 3.54. The Labute approximate surface area is 178 Å². The number of allylic oxidation sites excluding steroid dienone is 1. The second kappa shape index (κ2) is 11.3. The largest absolute Gasteiger partial charge is 0.507 e. The highest BCUT2D eigenvalue weighted by Gasteiger charge is 2.17. The van der Waals surface area contributed by atoms with Crippen molar-refractivity contribution in [3.63, 3.8) is 0 Å². The topological polar surface area (TPSA) is 68.2 Å². The number of para-hydroxylation sites is 1. The lowest BCUT2D eigenvalue weighted by molar-refractivity contribution is -0.121. The van der Waals surface area contributed by atoms with E-state index >= 15 is 0 Å². The number of rotatable bonds is 9. The standard InChI is InChI=1S/C24H30N4O2/c1-2-7-21-10-6-11-22(24(21)30)18-25-26-23(29)12-13-27-14-16-28(17-15-27)19-20-8-4-3-5-9-20/h2-6,8-11,18,30H,1,7,12-17,19H2,(H,26,29)/b25-18+. The van der Waals surface area contributed by atoms with Crippen LogP contribution in [-0.2, 0) is 17.8 Å². The Morgan fingerprint density at radius 1 is 1.07 bits per heavy atom. The highest BCUT2D eigenvalue weighted by molar-refractivity contribution is 5.85. The minimum Gasteiger partial charge on any atom is -0.507 e. The summed E-state index contributed by atoms with van der Waals surface area (Å²) < 4.78 is 0. The molecule has 30 heavy (non-hydrogen) atoms. The molecule has 1 saturated heterocycles. The van der Waals surface area contributed by atoms with Crippen LogP contribution < -0.4 is 5.43 Å². The van der Waals surface area contributed by atoms with Gasteiger partial charge in [-0.3, -0.25) is 9.69 Å². The van der Waals surface area contributed by atoms with Crippen molar-refractivity contribution in [3.8, 4) is 5.75 Å². The smallest absolute Gasteiger partial charge is 0.241 e. The Hall–Kier alpha value is -2.96. The third kappa shape index (κ3) is 6.54. The molecule has 1 heterocycles. The van der Waals surface area contributed by atoms with Gasteiger partial charge in [-0.05, 0) is 23.6 Å². The van der Waals surface area contributed by atoms with Gasteiger partial charge >= 0.3 is 0 Å². The summed E-state index contributed by atoms with van der Waals surface area (Å²) in [7, 11) is 0. The van der Waals surface area contributed by atoms with Crippen LogP contribution in [0.1, 0.15) is 23.1 Å². The molecule has 6 nitrogen and oxygen atoms in total. The minimum absolute atomic E-state index is 0.125. The quantitative estimate of drug-likeness (QED) is 0.382. The molecule has 6 heteroatoms. The highest BCUT2D eigenvalue weighted by atomic mass is 16.3. The lowest BCUT2D eigenvalue weighted by Gasteiger charge is -2.34. The van der Waals surface area contributed by atoms with E-state index in [9.17, 15) is 9.90 Å². The molecule has 1 amide bonds. The van der Waals surface area contributed by atoms with Crippen LogP contribution in [0.4, 0.5) is 0 Å². The zero-order chi connectivity index (χ0) is 21.2. The van der Waals surface area contributed by atoms with E-state index < -0.39 is 0 Å². The van der Waals surface area contributed by atoms with E-state index in [0.29, 0.717) is 18.4 Å². The average molecular weight is 407 g/mol. The number of hydrogen-bond acceptors (Lipinski definition) is 5. The number of benzene rings is 2. The van der Waals surface area contributed by atoms with Gasteiger partial charge in [-0.25, -0.2) is 5.43 Å². The molecule has 1 fully saturated rings. The van der Waals surface area contributed by atoms with Crippen molar-refractivity contribution < 1.29 is 9.90 Å². The van der Waals surface area contributed by atoms with Gasteiger partial charge in [-0.2, -0.15) is 5.10 Å². The second-order valence-corrected chi connectivity index (χ2v) is 7.49. The molecule has 2 aromatic carbocycles. The van der Waals surface area contributed by atoms with E-state index in [1.807, 2.05) is 18.2 Å². The van der Waals surface area contributed by atoms with E-state index in [0.717, 1.165) is 44.8 Å². The first-order valence-electron chi connectivity index (χ1n) is 10.4. The molecule has 0 unspecified atom stereocenters. The first-order chi connectivity index (χ1) is 14.7. The molecule has 3 rings (SSSR count). The van der Waals surface area contributed by atoms with Crippen LogP contribution in [0, 0.1) is 0 Å². The van der Waals surface area contributed by atoms with Gasteiger partial charge in [0, 0.05) is 51.3 Å². The van der Waals surface area contributed by atoms with E-state index in [1.54, 1.807) is 12.1 Å². The summed E-state index contributed by atoms with van der Waals surface area (Å²) in [6, 6.07) is 16.0. The van der Waals surface area contributed by atoms with Gasteiger partial charge in [-0.1, -0.05) is 48.5 Å². The fraction of sp³-hybridized carbons (Fsp3) is 0.333. The number of aromatic hydroxyl groups is 1. The number of phenols is 1. The van der Waals surface area contributed by atoms with E-state index in [2.05, 4.69) is 51.2 Å². The molecule has 2 N–H and O–H groups in total. The average Bonchev–Trinajstić information content (AvgIpc) is 2.77. The molecule has 2 aromatic rings. The first-order valence-corrected chi connectivity index (χ1v) is 10.4. The van der Waals surface area contributed by atoms with Gasteiger partial charge in [0.1, 0.15) is 5.75 Å². The Morgan fingerprint density at radius 2 is 1.80 bits per heavy atom. The molecule has 0 radical (unpaired) electrons. The lowest BCUT2D eigenvalue weighted by atomic mass is 10.1. The van der Waals surface area contributed by atoms with Crippen LogP contribution in [-0.4, -0.2) is 59.8 Å². The number of piperazine rings is 1. The maximum atomic E-state index is 12.1. The minimum atomic E-state index is -0.125. The normalized spacial score (nSPS) is 15.3. The molecule has 0 aliphatic carbocycles. The molecule has 0 saturated carbocycles. The van der Waals surface area contributed by atoms with E-state index in [-0.39, 0.29) is 11.7 Å². The summed E-state index contributed by atoms with van der Waals surface area (Å²) in [5, 5.41) is 14.2. The van der Waals surface area contributed by atoms with Crippen LogP contribution in [0.25, 0.3) is 0 Å². The first kappa shape index (κ1) is 21.7. The van der Waals surface area contributed by atoms with Gasteiger partial charge in [0.05, 0.1) is 6.21 Å². The van der Waals surface area contributed by atoms with Crippen LogP contribution in [0.5, 0.6) is 5.75 Å². The molecule has 0 spiro atoms. The molecule has 0 atom stereocenters. The lowest BCUT2D eigenvalue weighted by Crippen LogP contribution is -2.46. The summed E-state index contributed by atoms with van der Waals surface area (Å²) in [5.74, 6) is 0.0449. The number of carbonyl (C=O) groups excluding carboxylic acids is 1. The molecule has 1 aliphatic rings. The molecule has 1 aliphatic heterocycles. The van der Waals surface area contributed by atoms with E-state index in [4.69, 9.17) is 0 Å². The van der Waals surface area contributed by atoms with Crippen LogP contribution >= 0.6 is 0 Å². The van der Waals surface area contributed by atoms with Crippen LogP contribution in [0.3, 0.4) is 0 Å². The molecule has 158 valence electrons. The summed E-state index contributed by atoms with van der Waals surface area (Å²) in [6.07, 6.45) is 4.19. The van der Waals surface area contributed by atoms with Crippen molar-refractivity contribution in [3.05, 3.63) is 77.9 Å². The SMILES string of the molecule is C=CCc1cccc(/C=N/NC(=O)CCN2CCN(Cc3ccccc3)CC2)c1O. The fourth-order valence-electron chi connectivity index (χ4n) is 3.54. The summed E-state index contributed by atoms with van der Waals surface area (Å²) in [4.78, 5) is 16.9. The van der Waals surface area contributed by atoms with Gasteiger partial charge in [-0.15, -0.1) is 6.58 Å². The molecule has 0 aromatic heterocycles. The third-order valence-electron chi connectivity index (χ3n) is 5.28. The van der Waals surface area contributed by atoms with Gasteiger partial charge in [0.2, 0.25) is 5.91 Å². The van der Waals surface area contributed by atoms with Gasteiger partial charge in [0.25, 0.3) is 0 Å². The summed E-state index contributed by atoms with van der Waals surface area (Å²) in [6.45, 7) is 9.33. The maximum absolute atomic E-state index is 12.1. The number of nitrogens with zero attached hydrogens (tertiary/aromatic N) is 3. The summed E-state index contributed by atoms with van der Waals surface area (Å²) in [5.41, 5.74) is 5.25. The van der Waals surface area contributed by atoms with E-state index in [1.165, 1.54) is 11.8 Å².